The van der Waals surface area contributed by atoms with E-state index in [1.807, 2.05) is 0 Å². The van der Waals surface area contributed by atoms with Crippen molar-refractivity contribution in [1.29, 1.82) is 0 Å². The molecule has 1 aliphatic rings. The topological polar surface area (TPSA) is 80.5 Å². The van der Waals surface area contributed by atoms with Gasteiger partial charge in [0.15, 0.2) is 0 Å². The summed E-state index contributed by atoms with van der Waals surface area (Å²) in [6, 6.07) is -0.110. The van der Waals surface area contributed by atoms with E-state index in [0.29, 0.717) is 0 Å². The maximum Gasteiger partial charge on any atom is 0.232 e. The molecule has 1 fully saturated rings. The number of primary amides is 1. The van der Waals surface area contributed by atoms with E-state index in [9.17, 15) is 13.2 Å². The van der Waals surface area contributed by atoms with E-state index in [4.69, 9.17) is 17.3 Å². The molecule has 0 bridgehead atoms. The Labute approximate surface area is 94.6 Å². The number of nitrogens with two attached hydrogens (primary N) is 1. The Bertz CT molecular complexity index is 325. The third-order valence-corrected chi connectivity index (χ3v) is 4.78. The van der Waals surface area contributed by atoms with Crippen molar-refractivity contribution in [3.63, 3.8) is 0 Å². The van der Waals surface area contributed by atoms with Gasteiger partial charge in [-0.1, -0.05) is 12.8 Å². The molecule has 1 rings (SSSR count). The van der Waals surface area contributed by atoms with Gasteiger partial charge in [-0.2, -0.15) is 4.31 Å². The van der Waals surface area contributed by atoms with Crippen LogP contribution in [0.3, 0.4) is 0 Å². The molecule has 0 spiro atoms. The van der Waals surface area contributed by atoms with Crippen LogP contribution in [0.15, 0.2) is 0 Å². The fourth-order valence-corrected chi connectivity index (χ4v) is 3.35. The Balaban J connectivity index is 2.81. The highest BCUT2D eigenvalue weighted by molar-refractivity contribution is 7.90. The number of hydrogen-bond donors (Lipinski definition) is 1. The molecule has 0 atom stereocenters. The molecule has 0 aliphatic heterocycles. The van der Waals surface area contributed by atoms with Gasteiger partial charge in [0.25, 0.3) is 0 Å². The monoisotopic (exact) mass is 254 g/mol. The van der Waals surface area contributed by atoms with Gasteiger partial charge in [-0.15, -0.1) is 11.6 Å². The normalized spacial score (nSPS) is 18.5. The Morgan fingerprint density at radius 3 is 2.33 bits per heavy atom. The molecular weight excluding hydrogens is 240 g/mol. The van der Waals surface area contributed by atoms with Gasteiger partial charge in [-0.3, -0.25) is 4.79 Å². The van der Waals surface area contributed by atoms with E-state index in [0.717, 1.165) is 30.0 Å². The van der Waals surface area contributed by atoms with Crippen LogP contribution in [0.2, 0.25) is 0 Å². The maximum atomic E-state index is 11.6. The minimum absolute atomic E-state index is 0.110. The molecule has 1 aliphatic carbocycles. The molecule has 0 aromatic heterocycles. The quantitative estimate of drug-likeness (QED) is 0.714. The molecule has 5 nitrogen and oxygen atoms in total. The first-order valence-corrected chi connectivity index (χ1v) is 6.95. The van der Waals surface area contributed by atoms with Crippen LogP contribution in [0.4, 0.5) is 0 Å². The van der Waals surface area contributed by atoms with Crippen LogP contribution >= 0.6 is 11.6 Å². The van der Waals surface area contributed by atoms with Gasteiger partial charge in [0.1, 0.15) is 5.21 Å². The van der Waals surface area contributed by atoms with Gasteiger partial charge < -0.3 is 5.73 Å². The lowest BCUT2D eigenvalue weighted by Gasteiger charge is -2.25. The molecule has 0 aromatic rings. The lowest BCUT2D eigenvalue weighted by atomic mass is 10.2. The van der Waals surface area contributed by atoms with E-state index in [-0.39, 0.29) is 12.6 Å². The average molecular weight is 255 g/mol. The van der Waals surface area contributed by atoms with Crippen molar-refractivity contribution >= 4 is 27.5 Å². The number of carbonyl (C=O) groups excluding carboxylic acids is 1. The second-order valence-electron chi connectivity index (χ2n) is 3.67. The highest BCUT2D eigenvalue weighted by atomic mass is 35.5. The zero-order valence-electron chi connectivity index (χ0n) is 8.36. The largest absolute Gasteiger partial charge is 0.369 e. The predicted octanol–water partition coefficient (Wildman–Crippen LogP) is 0.242. The number of amides is 1. The predicted molar refractivity (Wildman–Crippen MR) is 57.8 cm³/mol. The number of nitrogens with zero attached hydrogens (tertiary/aromatic N) is 1. The zero-order valence-corrected chi connectivity index (χ0v) is 9.93. The summed E-state index contributed by atoms with van der Waals surface area (Å²) in [5, 5.41) is -0.503. The van der Waals surface area contributed by atoms with Crippen LogP contribution in [0.1, 0.15) is 25.7 Å². The lowest BCUT2D eigenvalue weighted by molar-refractivity contribution is -0.118. The summed E-state index contributed by atoms with van der Waals surface area (Å²) in [5.41, 5.74) is 5.02. The number of halogens is 1. The molecule has 7 heteroatoms. The Kier molecular flexibility index (Phi) is 4.36. The molecule has 0 radical (unpaired) electrons. The second kappa shape index (κ2) is 5.14. The summed E-state index contributed by atoms with van der Waals surface area (Å²) in [7, 11) is -3.54. The molecule has 88 valence electrons. The van der Waals surface area contributed by atoms with E-state index >= 15 is 0 Å². The number of hydrogen-bond acceptors (Lipinski definition) is 3. The first kappa shape index (κ1) is 12.7. The first-order valence-electron chi connectivity index (χ1n) is 4.81. The molecule has 0 heterocycles. The van der Waals surface area contributed by atoms with E-state index in [2.05, 4.69) is 0 Å². The van der Waals surface area contributed by atoms with Crippen LogP contribution in [0.25, 0.3) is 0 Å². The highest BCUT2D eigenvalue weighted by Crippen LogP contribution is 2.25. The van der Waals surface area contributed by atoms with Gasteiger partial charge in [-0.05, 0) is 12.8 Å². The molecular formula is C8H15ClN2O3S. The number of sulfonamides is 1. The molecule has 0 saturated heterocycles. The number of rotatable bonds is 5. The fourth-order valence-electron chi connectivity index (χ4n) is 1.86. The summed E-state index contributed by atoms with van der Waals surface area (Å²) < 4.78 is 24.4. The fraction of sp³-hybridized carbons (Fsp3) is 0.875. The average Bonchev–Trinajstić information content (AvgIpc) is 2.66. The second-order valence-corrected chi connectivity index (χ2v) is 6.18. The summed E-state index contributed by atoms with van der Waals surface area (Å²) in [5.74, 6) is -0.643. The Morgan fingerprint density at radius 2 is 1.93 bits per heavy atom. The Morgan fingerprint density at radius 1 is 1.40 bits per heavy atom. The summed E-state index contributed by atoms with van der Waals surface area (Å²) in [6.45, 7) is -0.264. The van der Waals surface area contributed by atoms with Crippen molar-refractivity contribution in [3.05, 3.63) is 0 Å². The van der Waals surface area contributed by atoms with Crippen LogP contribution in [-0.2, 0) is 14.8 Å². The lowest BCUT2D eigenvalue weighted by Crippen LogP contribution is -2.44. The Hall–Kier alpha value is -0.330. The molecule has 0 unspecified atom stereocenters. The summed E-state index contributed by atoms with van der Waals surface area (Å²) >= 11 is 5.37. The third kappa shape index (κ3) is 3.32. The number of alkyl halides is 1. The van der Waals surface area contributed by atoms with Crippen LogP contribution in [0.5, 0.6) is 0 Å². The van der Waals surface area contributed by atoms with Gasteiger partial charge >= 0.3 is 0 Å². The standard InChI is InChI=1S/C8H15ClN2O3S/c9-6-15(13,14)11(5-8(10)12)7-3-1-2-4-7/h7H,1-6H2,(H2,10,12). The maximum absolute atomic E-state index is 11.6. The van der Waals surface area contributed by atoms with Crippen LogP contribution < -0.4 is 5.73 Å². The van der Waals surface area contributed by atoms with Crippen molar-refractivity contribution in [1.82, 2.24) is 4.31 Å². The molecule has 1 saturated carbocycles. The van der Waals surface area contributed by atoms with Crippen molar-refractivity contribution < 1.29 is 13.2 Å². The van der Waals surface area contributed by atoms with Crippen LogP contribution in [0, 0.1) is 0 Å². The summed E-state index contributed by atoms with van der Waals surface area (Å²) in [6.07, 6.45) is 3.53. The van der Waals surface area contributed by atoms with Crippen molar-refractivity contribution in [2.75, 3.05) is 11.8 Å². The SMILES string of the molecule is NC(=O)CN(C1CCCC1)S(=O)(=O)CCl. The van der Waals surface area contributed by atoms with Gasteiger partial charge in [0, 0.05) is 6.04 Å². The number of carbonyl (C=O) groups is 1. The van der Waals surface area contributed by atoms with Gasteiger partial charge in [-0.25, -0.2) is 8.42 Å². The smallest absolute Gasteiger partial charge is 0.232 e. The minimum Gasteiger partial charge on any atom is -0.369 e. The molecule has 15 heavy (non-hydrogen) atoms. The van der Waals surface area contributed by atoms with Crippen molar-refractivity contribution in [3.8, 4) is 0 Å². The van der Waals surface area contributed by atoms with E-state index in [1.54, 1.807) is 0 Å². The molecule has 2 N–H and O–H groups in total. The zero-order chi connectivity index (χ0) is 11.5. The molecule has 1 amide bonds. The van der Waals surface area contributed by atoms with Crippen LogP contribution in [-0.4, -0.2) is 36.4 Å². The van der Waals surface area contributed by atoms with Crippen molar-refractivity contribution in [2.45, 2.75) is 31.7 Å². The van der Waals surface area contributed by atoms with Crippen molar-refractivity contribution in [2.24, 2.45) is 5.73 Å². The highest BCUT2D eigenvalue weighted by Gasteiger charge is 2.32. The minimum atomic E-state index is -3.54. The van der Waals surface area contributed by atoms with Gasteiger partial charge in [0.2, 0.25) is 15.9 Å². The third-order valence-electron chi connectivity index (χ3n) is 2.54. The van der Waals surface area contributed by atoms with E-state index in [1.165, 1.54) is 0 Å². The molecule has 0 aromatic carbocycles. The van der Waals surface area contributed by atoms with E-state index < -0.39 is 21.1 Å². The van der Waals surface area contributed by atoms with Gasteiger partial charge in [0.05, 0.1) is 6.54 Å². The first-order chi connectivity index (χ1) is 6.97. The summed E-state index contributed by atoms with van der Waals surface area (Å²) in [4.78, 5) is 10.8.